The van der Waals surface area contributed by atoms with Gasteiger partial charge >= 0.3 is 6.01 Å². The number of benzene rings is 1. The van der Waals surface area contributed by atoms with Gasteiger partial charge < -0.3 is 9.47 Å². The first-order valence-corrected chi connectivity index (χ1v) is 7.25. The van der Waals surface area contributed by atoms with E-state index in [-0.39, 0.29) is 16.9 Å². The van der Waals surface area contributed by atoms with Crippen molar-refractivity contribution in [3.8, 4) is 11.8 Å². The van der Waals surface area contributed by atoms with Crippen LogP contribution in [-0.2, 0) is 10.0 Å². The molecule has 0 aliphatic rings. The minimum absolute atomic E-state index is 0.00994. The number of hydrogen-bond donors (Lipinski definition) is 2. The molecular formula is C11H14N4O4S. The standard InChI is InChI=1S/C11H14N4O4S/c1-3-19-11-12-10(13-14-11)15-20(16,17)9-6-4-8(18-2)5-7-9/h4-7H,3H2,1-2H3,(H2,12,13,14,15). The molecule has 9 heteroatoms. The molecule has 1 aromatic heterocycles. The van der Waals surface area contributed by atoms with E-state index >= 15 is 0 Å². The molecule has 1 heterocycles. The second-order valence-electron chi connectivity index (χ2n) is 3.68. The average Bonchev–Trinajstić information content (AvgIpc) is 2.86. The van der Waals surface area contributed by atoms with Gasteiger partial charge in [-0.25, -0.2) is 18.2 Å². The highest BCUT2D eigenvalue weighted by Crippen LogP contribution is 2.18. The predicted octanol–water partition coefficient (Wildman–Crippen LogP) is 1.01. The molecule has 20 heavy (non-hydrogen) atoms. The van der Waals surface area contributed by atoms with Crippen molar-refractivity contribution in [3.63, 3.8) is 0 Å². The highest BCUT2D eigenvalue weighted by Gasteiger charge is 2.16. The Bertz CT molecular complexity index is 666. The number of nitrogens with zero attached hydrogens (tertiary/aromatic N) is 2. The molecule has 0 fully saturated rings. The van der Waals surface area contributed by atoms with Crippen LogP contribution in [0.15, 0.2) is 29.2 Å². The molecule has 0 atom stereocenters. The molecule has 0 saturated carbocycles. The Morgan fingerprint density at radius 2 is 2.00 bits per heavy atom. The van der Waals surface area contributed by atoms with Crippen LogP contribution in [-0.4, -0.2) is 37.3 Å². The van der Waals surface area contributed by atoms with Gasteiger partial charge in [0.05, 0.1) is 18.6 Å². The molecule has 0 spiro atoms. The first kappa shape index (κ1) is 14.1. The molecule has 0 bridgehead atoms. The summed E-state index contributed by atoms with van der Waals surface area (Å²) in [6, 6.07) is 6.06. The van der Waals surface area contributed by atoms with Gasteiger partial charge in [0.25, 0.3) is 10.0 Å². The van der Waals surface area contributed by atoms with E-state index in [1.165, 1.54) is 19.2 Å². The monoisotopic (exact) mass is 298 g/mol. The SMILES string of the molecule is CCOc1n[nH]c(NS(=O)(=O)c2ccc(OC)cc2)n1. The number of nitrogens with one attached hydrogen (secondary N) is 2. The fourth-order valence-corrected chi connectivity index (χ4v) is 2.38. The lowest BCUT2D eigenvalue weighted by molar-refractivity contribution is 0.314. The molecule has 0 unspecified atom stereocenters. The number of ether oxygens (including phenoxy) is 2. The first-order valence-electron chi connectivity index (χ1n) is 5.77. The zero-order valence-electron chi connectivity index (χ0n) is 11.0. The summed E-state index contributed by atoms with van der Waals surface area (Å²) in [6.07, 6.45) is 0. The average molecular weight is 298 g/mol. The number of aromatic amines is 1. The lowest BCUT2D eigenvalue weighted by Crippen LogP contribution is -2.13. The molecule has 108 valence electrons. The molecule has 0 aliphatic heterocycles. The maximum absolute atomic E-state index is 12.1. The lowest BCUT2D eigenvalue weighted by Gasteiger charge is -2.05. The van der Waals surface area contributed by atoms with E-state index < -0.39 is 10.0 Å². The van der Waals surface area contributed by atoms with Gasteiger partial charge in [-0.1, -0.05) is 0 Å². The van der Waals surface area contributed by atoms with E-state index in [1.54, 1.807) is 19.1 Å². The smallest absolute Gasteiger partial charge is 0.337 e. The van der Waals surface area contributed by atoms with E-state index in [0.717, 1.165) is 0 Å². The van der Waals surface area contributed by atoms with Gasteiger partial charge in [0, 0.05) is 0 Å². The van der Waals surface area contributed by atoms with Crippen molar-refractivity contribution in [1.29, 1.82) is 0 Å². The molecule has 1 aromatic carbocycles. The second kappa shape index (κ2) is 5.78. The molecule has 0 saturated heterocycles. The molecule has 2 aromatic rings. The molecule has 2 N–H and O–H groups in total. The second-order valence-corrected chi connectivity index (χ2v) is 5.36. The molecule has 0 amide bonds. The summed E-state index contributed by atoms with van der Waals surface area (Å²) in [4.78, 5) is 3.93. The van der Waals surface area contributed by atoms with Crippen molar-refractivity contribution in [2.45, 2.75) is 11.8 Å². The van der Waals surface area contributed by atoms with Gasteiger partial charge in [-0.3, -0.25) is 0 Å². The van der Waals surface area contributed by atoms with Crippen LogP contribution < -0.4 is 14.2 Å². The number of sulfonamides is 1. The largest absolute Gasteiger partial charge is 0.497 e. The third kappa shape index (κ3) is 3.18. The van der Waals surface area contributed by atoms with Crippen molar-refractivity contribution >= 4 is 16.0 Å². The first-order chi connectivity index (χ1) is 9.55. The van der Waals surface area contributed by atoms with Crippen LogP contribution in [0.4, 0.5) is 5.95 Å². The van der Waals surface area contributed by atoms with Gasteiger partial charge in [-0.05, 0) is 31.2 Å². The topological polar surface area (TPSA) is 106 Å². The lowest BCUT2D eigenvalue weighted by atomic mass is 10.3. The molecular weight excluding hydrogens is 284 g/mol. The summed E-state index contributed by atoms with van der Waals surface area (Å²) in [5, 5.41) is 6.14. The number of hydrogen-bond acceptors (Lipinski definition) is 6. The Labute approximate surface area is 116 Å². The van der Waals surface area contributed by atoms with Crippen molar-refractivity contribution in [3.05, 3.63) is 24.3 Å². The van der Waals surface area contributed by atoms with Crippen molar-refractivity contribution in [2.75, 3.05) is 18.4 Å². The van der Waals surface area contributed by atoms with Crippen molar-refractivity contribution in [2.24, 2.45) is 0 Å². The van der Waals surface area contributed by atoms with Crippen LogP contribution in [0.5, 0.6) is 11.8 Å². The van der Waals surface area contributed by atoms with Gasteiger partial charge in [0.15, 0.2) is 0 Å². The normalized spacial score (nSPS) is 11.1. The molecule has 0 radical (unpaired) electrons. The van der Waals surface area contributed by atoms with Crippen LogP contribution >= 0.6 is 0 Å². The highest BCUT2D eigenvalue weighted by atomic mass is 32.2. The maximum atomic E-state index is 12.1. The number of rotatable bonds is 6. The van der Waals surface area contributed by atoms with Crippen molar-refractivity contribution in [1.82, 2.24) is 15.2 Å². The van der Waals surface area contributed by atoms with Crippen LogP contribution in [0.1, 0.15) is 6.92 Å². The zero-order chi connectivity index (χ0) is 14.6. The van der Waals surface area contributed by atoms with E-state index in [0.29, 0.717) is 12.4 Å². The molecule has 8 nitrogen and oxygen atoms in total. The van der Waals surface area contributed by atoms with E-state index in [2.05, 4.69) is 19.9 Å². The number of methoxy groups -OCH3 is 1. The number of anilines is 1. The Balaban J connectivity index is 2.16. The number of H-pyrrole nitrogens is 1. The zero-order valence-corrected chi connectivity index (χ0v) is 11.8. The quantitative estimate of drug-likeness (QED) is 0.824. The van der Waals surface area contributed by atoms with E-state index in [4.69, 9.17) is 9.47 Å². The molecule has 2 rings (SSSR count). The fraction of sp³-hybridized carbons (Fsp3) is 0.273. The Morgan fingerprint density at radius 1 is 1.30 bits per heavy atom. The summed E-state index contributed by atoms with van der Waals surface area (Å²) < 4.78 is 36.5. The van der Waals surface area contributed by atoms with Crippen LogP contribution in [0, 0.1) is 0 Å². The highest BCUT2D eigenvalue weighted by molar-refractivity contribution is 7.92. The third-order valence-corrected chi connectivity index (χ3v) is 3.69. The van der Waals surface area contributed by atoms with Gasteiger partial charge in [0.1, 0.15) is 5.75 Å². The van der Waals surface area contributed by atoms with E-state index in [9.17, 15) is 8.42 Å². The molecule has 0 aliphatic carbocycles. The summed E-state index contributed by atoms with van der Waals surface area (Å²) in [5.74, 6) is 0.562. The van der Waals surface area contributed by atoms with E-state index in [1.807, 2.05) is 0 Å². The van der Waals surface area contributed by atoms with Gasteiger partial charge in [-0.15, -0.1) is 5.10 Å². The predicted molar refractivity (Wildman–Crippen MR) is 71.4 cm³/mol. The Kier molecular flexibility index (Phi) is 4.08. The minimum atomic E-state index is -3.73. The van der Waals surface area contributed by atoms with Crippen LogP contribution in [0.2, 0.25) is 0 Å². The summed E-state index contributed by atoms with van der Waals surface area (Å²) in [6.45, 7) is 2.17. The summed E-state index contributed by atoms with van der Waals surface area (Å²) in [5.41, 5.74) is 0. The van der Waals surface area contributed by atoms with Crippen LogP contribution in [0.25, 0.3) is 0 Å². The summed E-state index contributed by atoms with van der Waals surface area (Å²) >= 11 is 0. The Hall–Kier alpha value is -2.29. The minimum Gasteiger partial charge on any atom is -0.497 e. The third-order valence-electron chi connectivity index (χ3n) is 2.34. The summed E-state index contributed by atoms with van der Waals surface area (Å²) in [7, 11) is -2.23. The number of aromatic nitrogens is 3. The fourth-order valence-electron chi connectivity index (χ4n) is 1.43. The van der Waals surface area contributed by atoms with Crippen LogP contribution in [0.3, 0.4) is 0 Å². The van der Waals surface area contributed by atoms with Gasteiger partial charge in [-0.2, -0.15) is 4.98 Å². The van der Waals surface area contributed by atoms with Gasteiger partial charge in [0.2, 0.25) is 5.95 Å². The maximum Gasteiger partial charge on any atom is 0.337 e. The Morgan fingerprint density at radius 3 is 2.60 bits per heavy atom. The van der Waals surface area contributed by atoms with Crippen molar-refractivity contribution < 1.29 is 17.9 Å².